The monoisotopic (exact) mass is 150 g/mol. The Balaban J connectivity index is 2.33. The summed E-state index contributed by atoms with van der Waals surface area (Å²) < 4.78 is 0. The number of allylic oxidation sites excluding steroid dienone is 2. The quantitative estimate of drug-likeness (QED) is 0.560. The van der Waals surface area contributed by atoms with E-state index in [1.165, 1.54) is 5.57 Å². The van der Waals surface area contributed by atoms with Gasteiger partial charge in [0.1, 0.15) is 0 Å². The third-order valence-corrected chi connectivity index (χ3v) is 3.40. The molecule has 0 saturated heterocycles. The number of rotatable bonds is 1. The molecule has 0 aliphatic heterocycles. The summed E-state index contributed by atoms with van der Waals surface area (Å²) in [6, 6.07) is 0. The maximum Gasteiger partial charge on any atom is 0.162 e. The lowest BCUT2D eigenvalue weighted by Gasteiger charge is -2.13. The van der Waals surface area contributed by atoms with Gasteiger partial charge in [0.15, 0.2) is 5.78 Å². The molecular weight excluding hydrogens is 136 g/mol. The van der Waals surface area contributed by atoms with Crippen molar-refractivity contribution in [3.63, 3.8) is 0 Å². The lowest BCUT2D eigenvalue weighted by atomic mass is 9.88. The van der Waals surface area contributed by atoms with Gasteiger partial charge in [-0.3, -0.25) is 4.79 Å². The van der Waals surface area contributed by atoms with E-state index in [0.29, 0.717) is 17.6 Å². The lowest BCUT2D eigenvalue weighted by Crippen LogP contribution is -2.18. The Morgan fingerprint density at radius 2 is 2.27 bits per heavy atom. The van der Waals surface area contributed by atoms with Crippen molar-refractivity contribution in [2.24, 2.45) is 17.3 Å². The second kappa shape index (κ2) is 1.77. The fourth-order valence-electron chi connectivity index (χ4n) is 2.48. The highest BCUT2D eigenvalue weighted by Gasteiger charge is 2.64. The molecule has 0 spiro atoms. The number of carbonyl (C=O) groups excluding carboxylic acids is 1. The van der Waals surface area contributed by atoms with E-state index >= 15 is 0 Å². The minimum absolute atomic E-state index is 0.0596. The van der Waals surface area contributed by atoms with Gasteiger partial charge >= 0.3 is 0 Å². The molecule has 0 N–H and O–H groups in total. The summed E-state index contributed by atoms with van der Waals surface area (Å²) in [4.78, 5) is 11.5. The highest BCUT2D eigenvalue weighted by atomic mass is 16.1. The summed E-state index contributed by atoms with van der Waals surface area (Å²) in [5, 5.41) is 0. The lowest BCUT2D eigenvalue weighted by molar-refractivity contribution is -0.120. The topological polar surface area (TPSA) is 17.1 Å². The fraction of sp³-hybridized carbons (Fsp3) is 0.700. The van der Waals surface area contributed by atoms with Crippen molar-refractivity contribution in [2.45, 2.75) is 27.2 Å². The van der Waals surface area contributed by atoms with Gasteiger partial charge in [-0.2, -0.15) is 0 Å². The first-order valence-electron chi connectivity index (χ1n) is 4.31. The maximum absolute atomic E-state index is 11.5. The zero-order valence-electron chi connectivity index (χ0n) is 7.35. The van der Waals surface area contributed by atoms with Crippen molar-refractivity contribution in [1.29, 1.82) is 0 Å². The first-order chi connectivity index (χ1) is 5.09. The van der Waals surface area contributed by atoms with Gasteiger partial charge in [-0.25, -0.2) is 0 Å². The Morgan fingerprint density at radius 1 is 1.64 bits per heavy atom. The Bertz CT molecular complexity index is 250. The number of hydrogen-bond acceptors (Lipinski definition) is 1. The van der Waals surface area contributed by atoms with Crippen LogP contribution in [0.2, 0.25) is 0 Å². The molecule has 0 aromatic carbocycles. The highest BCUT2D eigenvalue weighted by Crippen LogP contribution is 2.65. The van der Waals surface area contributed by atoms with Crippen LogP contribution in [-0.2, 0) is 4.79 Å². The van der Waals surface area contributed by atoms with Crippen molar-refractivity contribution in [3.05, 3.63) is 11.6 Å². The van der Waals surface area contributed by atoms with E-state index in [0.717, 1.165) is 6.42 Å². The van der Waals surface area contributed by atoms with Gasteiger partial charge in [0, 0.05) is 5.41 Å². The number of hydrogen-bond donors (Lipinski definition) is 0. The summed E-state index contributed by atoms with van der Waals surface area (Å²) in [7, 11) is 0. The van der Waals surface area contributed by atoms with Crippen LogP contribution >= 0.6 is 0 Å². The first kappa shape index (κ1) is 7.08. The zero-order valence-corrected chi connectivity index (χ0v) is 7.35. The van der Waals surface area contributed by atoms with Gasteiger partial charge in [-0.05, 0) is 31.3 Å². The Labute approximate surface area is 67.5 Å². The molecule has 60 valence electrons. The van der Waals surface area contributed by atoms with Crippen LogP contribution in [0.15, 0.2) is 11.6 Å². The van der Waals surface area contributed by atoms with Crippen LogP contribution in [-0.4, -0.2) is 5.78 Å². The summed E-state index contributed by atoms with van der Waals surface area (Å²) in [6.07, 6.45) is 2.96. The van der Waals surface area contributed by atoms with E-state index in [1.54, 1.807) is 0 Å². The molecular formula is C10H14O. The van der Waals surface area contributed by atoms with Gasteiger partial charge in [0.05, 0.1) is 0 Å². The Morgan fingerprint density at radius 3 is 2.45 bits per heavy atom. The van der Waals surface area contributed by atoms with Crippen molar-refractivity contribution < 1.29 is 4.79 Å². The van der Waals surface area contributed by atoms with E-state index in [9.17, 15) is 4.79 Å². The fourth-order valence-corrected chi connectivity index (χ4v) is 2.48. The van der Waals surface area contributed by atoms with E-state index in [1.807, 2.05) is 6.08 Å². The third kappa shape index (κ3) is 0.640. The van der Waals surface area contributed by atoms with Crippen molar-refractivity contribution in [3.8, 4) is 0 Å². The average Bonchev–Trinajstić information content (AvgIpc) is 2.56. The van der Waals surface area contributed by atoms with Crippen LogP contribution in [0.5, 0.6) is 0 Å². The van der Waals surface area contributed by atoms with Gasteiger partial charge in [0.25, 0.3) is 0 Å². The zero-order chi connectivity index (χ0) is 8.22. The normalized spacial score (nSPS) is 40.9. The molecule has 0 amide bonds. The molecule has 2 aliphatic carbocycles. The number of fused-ring (bicyclic) bond motifs is 1. The second-order valence-electron chi connectivity index (χ2n) is 4.20. The molecule has 0 radical (unpaired) electrons. The molecule has 0 heterocycles. The van der Waals surface area contributed by atoms with Gasteiger partial charge < -0.3 is 0 Å². The van der Waals surface area contributed by atoms with E-state index in [2.05, 4.69) is 20.8 Å². The predicted octanol–water partition coefficient (Wildman–Crippen LogP) is 2.18. The van der Waals surface area contributed by atoms with Crippen molar-refractivity contribution in [2.75, 3.05) is 0 Å². The second-order valence-corrected chi connectivity index (χ2v) is 4.20. The van der Waals surface area contributed by atoms with Crippen molar-refractivity contribution >= 4 is 5.78 Å². The van der Waals surface area contributed by atoms with Gasteiger partial charge in [-0.1, -0.05) is 19.4 Å². The molecule has 2 aliphatic rings. The van der Waals surface area contributed by atoms with Gasteiger partial charge in [-0.15, -0.1) is 0 Å². The van der Waals surface area contributed by atoms with Crippen LogP contribution in [0.1, 0.15) is 27.2 Å². The van der Waals surface area contributed by atoms with Crippen molar-refractivity contribution in [1.82, 2.24) is 0 Å². The molecule has 1 nitrogen and oxygen atoms in total. The molecule has 2 rings (SSSR count). The molecule has 1 saturated carbocycles. The van der Waals surface area contributed by atoms with E-state index in [4.69, 9.17) is 0 Å². The average molecular weight is 150 g/mol. The molecule has 0 aromatic heterocycles. The standard InChI is InChI=1S/C10H14O/c1-6(2)10-5-8(10)7(3)4-9(10)11/h4,6,8H,5H2,1-3H3/t8-,10?/m1/s1. The van der Waals surface area contributed by atoms with Crippen LogP contribution in [0.3, 0.4) is 0 Å². The SMILES string of the molecule is CC1=CC(=O)C2(C(C)C)C[C@H]12. The summed E-state index contributed by atoms with van der Waals surface area (Å²) >= 11 is 0. The molecule has 11 heavy (non-hydrogen) atoms. The van der Waals surface area contributed by atoms with Gasteiger partial charge in [0.2, 0.25) is 0 Å². The molecule has 1 heteroatoms. The third-order valence-electron chi connectivity index (χ3n) is 3.40. The predicted molar refractivity (Wildman–Crippen MR) is 44.1 cm³/mol. The Kier molecular flexibility index (Phi) is 1.14. The molecule has 1 fully saturated rings. The first-order valence-corrected chi connectivity index (χ1v) is 4.31. The maximum atomic E-state index is 11.5. The number of ketones is 1. The summed E-state index contributed by atoms with van der Waals surface area (Å²) in [5.41, 5.74) is 1.37. The Hall–Kier alpha value is -0.590. The highest BCUT2D eigenvalue weighted by molar-refractivity contribution is 6.02. The summed E-state index contributed by atoms with van der Waals surface area (Å²) in [6.45, 7) is 6.40. The molecule has 0 aromatic rings. The van der Waals surface area contributed by atoms with Crippen LogP contribution < -0.4 is 0 Å². The largest absolute Gasteiger partial charge is 0.294 e. The number of carbonyl (C=O) groups is 1. The van der Waals surface area contributed by atoms with E-state index in [-0.39, 0.29) is 5.41 Å². The smallest absolute Gasteiger partial charge is 0.162 e. The molecule has 0 bridgehead atoms. The van der Waals surface area contributed by atoms with Crippen LogP contribution in [0, 0.1) is 17.3 Å². The summed E-state index contributed by atoms with van der Waals surface area (Å²) in [5.74, 6) is 1.51. The molecule has 2 atom stereocenters. The van der Waals surface area contributed by atoms with Crippen LogP contribution in [0.25, 0.3) is 0 Å². The molecule has 1 unspecified atom stereocenters. The van der Waals surface area contributed by atoms with E-state index < -0.39 is 0 Å². The van der Waals surface area contributed by atoms with Crippen LogP contribution in [0.4, 0.5) is 0 Å². The minimum Gasteiger partial charge on any atom is -0.294 e. The minimum atomic E-state index is 0.0596.